The number of hydrogen-bond donors (Lipinski definition) is 0. The molecular formula is C13H15BrN2OS. The van der Waals surface area contributed by atoms with Crippen LogP contribution in [0.1, 0.15) is 6.92 Å². The van der Waals surface area contributed by atoms with Gasteiger partial charge in [-0.1, -0.05) is 27.7 Å². The zero-order chi connectivity index (χ0) is 12.8. The molecule has 2 aromatic rings. The van der Waals surface area contributed by atoms with Crippen LogP contribution in [0.3, 0.4) is 0 Å². The van der Waals surface area contributed by atoms with E-state index >= 15 is 0 Å². The van der Waals surface area contributed by atoms with Crippen LogP contribution in [-0.2, 0) is 4.74 Å². The van der Waals surface area contributed by atoms with Gasteiger partial charge in [0.05, 0.1) is 6.61 Å². The Morgan fingerprint density at radius 1 is 1.33 bits per heavy atom. The fourth-order valence-electron chi connectivity index (χ4n) is 1.53. The first kappa shape index (κ1) is 13.6. The van der Waals surface area contributed by atoms with E-state index in [4.69, 9.17) is 4.74 Å². The van der Waals surface area contributed by atoms with Crippen LogP contribution in [0.15, 0.2) is 46.3 Å². The molecular weight excluding hydrogens is 312 g/mol. The Balaban J connectivity index is 2.05. The van der Waals surface area contributed by atoms with Gasteiger partial charge in [0.1, 0.15) is 0 Å². The van der Waals surface area contributed by atoms with E-state index in [1.807, 2.05) is 31.5 Å². The molecule has 96 valence electrons. The van der Waals surface area contributed by atoms with Crippen LogP contribution in [0.4, 0.5) is 0 Å². The van der Waals surface area contributed by atoms with Crippen LogP contribution in [0.25, 0.3) is 5.69 Å². The van der Waals surface area contributed by atoms with Crippen molar-refractivity contribution in [3.8, 4) is 5.69 Å². The lowest BCUT2D eigenvalue weighted by Crippen LogP contribution is -1.99. The molecule has 0 bridgehead atoms. The number of halogens is 1. The third-order valence-corrected chi connectivity index (χ3v) is 3.83. The Morgan fingerprint density at radius 2 is 2.11 bits per heavy atom. The van der Waals surface area contributed by atoms with Crippen molar-refractivity contribution >= 4 is 27.7 Å². The summed E-state index contributed by atoms with van der Waals surface area (Å²) >= 11 is 5.15. The van der Waals surface area contributed by atoms with Gasteiger partial charge in [-0.15, -0.1) is 0 Å². The summed E-state index contributed by atoms with van der Waals surface area (Å²) in [6.45, 7) is 3.53. The number of ether oxygens (including phenoxy) is 1. The molecule has 18 heavy (non-hydrogen) atoms. The monoisotopic (exact) mass is 326 g/mol. The van der Waals surface area contributed by atoms with E-state index in [-0.39, 0.29) is 0 Å². The van der Waals surface area contributed by atoms with Crippen LogP contribution in [0.5, 0.6) is 0 Å². The molecule has 2 rings (SSSR count). The summed E-state index contributed by atoms with van der Waals surface area (Å²) < 4.78 is 8.50. The predicted octanol–water partition coefficient (Wildman–Crippen LogP) is 3.76. The molecule has 0 radical (unpaired) electrons. The number of hydrogen-bond acceptors (Lipinski definition) is 3. The lowest BCUT2D eigenvalue weighted by Gasteiger charge is -2.07. The van der Waals surface area contributed by atoms with Gasteiger partial charge in [0.2, 0.25) is 0 Å². The Morgan fingerprint density at radius 3 is 2.83 bits per heavy atom. The molecule has 0 aliphatic carbocycles. The highest BCUT2D eigenvalue weighted by atomic mass is 79.9. The molecule has 0 amide bonds. The lowest BCUT2D eigenvalue weighted by atomic mass is 10.3. The first-order chi connectivity index (χ1) is 8.81. The zero-order valence-electron chi connectivity index (χ0n) is 10.2. The van der Waals surface area contributed by atoms with E-state index in [1.165, 1.54) is 0 Å². The fraction of sp³-hybridized carbons (Fsp3) is 0.308. The summed E-state index contributed by atoms with van der Waals surface area (Å²) in [4.78, 5) is 4.37. The van der Waals surface area contributed by atoms with Crippen molar-refractivity contribution in [1.82, 2.24) is 9.55 Å². The summed E-state index contributed by atoms with van der Waals surface area (Å²) in [5.74, 6) is 0.918. The van der Waals surface area contributed by atoms with Crippen molar-refractivity contribution in [1.29, 1.82) is 0 Å². The minimum Gasteiger partial charge on any atom is -0.381 e. The number of rotatable bonds is 6. The van der Waals surface area contributed by atoms with Crippen molar-refractivity contribution in [2.45, 2.75) is 12.1 Å². The van der Waals surface area contributed by atoms with Gasteiger partial charge in [-0.25, -0.2) is 4.98 Å². The average molecular weight is 327 g/mol. The number of nitrogens with zero attached hydrogens (tertiary/aromatic N) is 2. The average Bonchev–Trinajstić information content (AvgIpc) is 2.84. The van der Waals surface area contributed by atoms with E-state index in [2.05, 4.69) is 37.6 Å². The number of benzene rings is 1. The minimum absolute atomic E-state index is 0.758. The second-order valence-corrected chi connectivity index (χ2v) is 5.58. The van der Waals surface area contributed by atoms with E-state index in [0.717, 1.165) is 34.3 Å². The van der Waals surface area contributed by atoms with E-state index < -0.39 is 0 Å². The highest BCUT2D eigenvalue weighted by Crippen LogP contribution is 2.21. The highest BCUT2D eigenvalue weighted by Gasteiger charge is 2.05. The molecule has 0 aliphatic heterocycles. The van der Waals surface area contributed by atoms with Gasteiger partial charge < -0.3 is 4.74 Å². The molecule has 1 aromatic carbocycles. The van der Waals surface area contributed by atoms with Gasteiger partial charge in [0.25, 0.3) is 0 Å². The molecule has 5 heteroatoms. The molecule has 0 atom stereocenters. The van der Waals surface area contributed by atoms with Gasteiger partial charge in [-0.3, -0.25) is 4.57 Å². The van der Waals surface area contributed by atoms with Crippen LogP contribution >= 0.6 is 27.7 Å². The van der Waals surface area contributed by atoms with Crippen LogP contribution in [0, 0.1) is 0 Å². The Bertz CT molecular complexity index is 484. The topological polar surface area (TPSA) is 27.1 Å². The molecule has 0 saturated carbocycles. The summed E-state index contributed by atoms with van der Waals surface area (Å²) in [5.41, 5.74) is 1.12. The summed E-state index contributed by atoms with van der Waals surface area (Å²) in [6, 6.07) is 8.20. The van der Waals surface area contributed by atoms with Crippen LogP contribution in [0.2, 0.25) is 0 Å². The predicted molar refractivity (Wildman–Crippen MR) is 78.5 cm³/mol. The maximum Gasteiger partial charge on any atom is 0.172 e. The van der Waals surface area contributed by atoms with Gasteiger partial charge >= 0.3 is 0 Å². The summed E-state index contributed by atoms with van der Waals surface area (Å²) in [7, 11) is 0. The minimum atomic E-state index is 0.758. The van der Waals surface area contributed by atoms with Crippen molar-refractivity contribution in [3.05, 3.63) is 41.1 Å². The second-order valence-electron chi connectivity index (χ2n) is 3.60. The fourth-order valence-corrected chi connectivity index (χ4v) is 2.62. The normalized spacial score (nSPS) is 10.8. The maximum absolute atomic E-state index is 5.33. The lowest BCUT2D eigenvalue weighted by molar-refractivity contribution is 0.164. The molecule has 0 saturated heterocycles. The van der Waals surface area contributed by atoms with Gasteiger partial charge in [0, 0.05) is 34.9 Å². The third kappa shape index (κ3) is 3.60. The van der Waals surface area contributed by atoms with Gasteiger partial charge in [0.15, 0.2) is 5.16 Å². The van der Waals surface area contributed by atoms with E-state index in [1.54, 1.807) is 11.8 Å². The maximum atomic E-state index is 5.33. The van der Waals surface area contributed by atoms with E-state index in [9.17, 15) is 0 Å². The first-order valence-corrected chi connectivity index (χ1v) is 7.59. The van der Waals surface area contributed by atoms with Crippen molar-refractivity contribution in [2.75, 3.05) is 19.0 Å². The molecule has 3 nitrogen and oxygen atoms in total. The largest absolute Gasteiger partial charge is 0.381 e. The smallest absolute Gasteiger partial charge is 0.172 e. The van der Waals surface area contributed by atoms with Crippen LogP contribution < -0.4 is 0 Å². The molecule has 0 fully saturated rings. The highest BCUT2D eigenvalue weighted by molar-refractivity contribution is 9.10. The van der Waals surface area contributed by atoms with Crippen LogP contribution in [-0.4, -0.2) is 28.5 Å². The Kier molecular flexibility index (Phi) is 5.28. The molecule has 1 heterocycles. The molecule has 1 aromatic heterocycles. The van der Waals surface area contributed by atoms with Gasteiger partial charge in [-0.2, -0.15) is 0 Å². The SMILES string of the molecule is CCOCCSc1nccn1-c1ccc(Br)cc1. The van der Waals surface area contributed by atoms with Gasteiger partial charge in [-0.05, 0) is 31.2 Å². The third-order valence-electron chi connectivity index (χ3n) is 2.37. The Labute approximate surface area is 120 Å². The summed E-state index contributed by atoms with van der Waals surface area (Å²) in [5, 5.41) is 0.997. The molecule has 0 spiro atoms. The number of imidazole rings is 1. The Hall–Kier alpha value is -0.780. The number of aromatic nitrogens is 2. The second kappa shape index (κ2) is 6.97. The molecule has 0 unspecified atom stereocenters. The number of thioether (sulfide) groups is 1. The van der Waals surface area contributed by atoms with Crippen molar-refractivity contribution in [3.63, 3.8) is 0 Å². The quantitative estimate of drug-likeness (QED) is 0.597. The zero-order valence-corrected chi connectivity index (χ0v) is 12.6. The van der Waals surface area contributed by atoms with Crippen molar-refractivity contribution in [2.24, 2.45) is 0 Å². The molecule has 0 N–H and O–H groups in total. The summed E-state index contributed by atoms with van der Waals surface area (Å²) in [6.07, 6.45) is 3.80. The van der Waals surface area contributed by atoms with Crippen molar-refractivity contribution < 1.29 is 4.74 Å². The molecule has 0 aliphatic rings. The first-order valence-electron chi connectivity index (χ1n) is 5.81. The van der Waals surface area contributed by atoms with E-state index in [0.29, 0.717) is 0 Å². The standard InChI is InChI=1S/C13H15BrN2OS/c1-2-17-9-10-18-13-15-7-8-16(13)12-5-3-11(14)4-6-12/h3-8H,2,9-10H2,1H3.